The first-order valence-corrected chi connectivity index (χ1v) is 10.2. The van der Waals surface area contributed by atoms with Crippen molar-refractivity contribution in [1.82, 2.24) is 15.2 Å². The fraction of sp³-hybridized carbons (Fsp3) is 0.478. The van der Waals surface area contributed by atoms with Crippen LogP contribution in [0.2, 0.25) is 0 Å². The largest absolute Gasteiger partial charge is 0.488 e. The molecule has 1 aromatic heterocycles. The van der Waals surface area contributed by atoms with Crippen LogP contribution in [0.3, 0.4) is 0 Å². The molecule has 0 atom stereocenters. The van der Waals surface area contributed by atoms with Crippen molar-refractivity contribution >= 4 is 30.7 Å². The first-order valence-electron chi connectivity index (χ1n) is 10.2. The summed E-state index contributed by atoms with van der Waals surface area (Å²) in [4.78, 5) is 19.5. The van der Waals surface area contributed by atoms with Gasteiger partial charge in [0.05, 0.1) is 0 Å². The van der Waals surface area contributed by atoms with E-state index in [1.165, 1.54) is 0 Å². The zero-order chi connectivity index (χ0) is 19.9. The van der Waals surface area contributed by atoms with E-state index in [1.807, 2.05) is 44.3 Å². The zero-order valence-electron chi connectivity index (χ0n) is 18.0. The van der Waals surface area contributed by atoms with Gasteiger partial charge in [0.2, 0.25) is 0 Å². The molecule has 0 aliphatic carbocycles. The molecule has 1 saturated heterocycles. The molecule has 166 valence electrons. The van der Waals surface area contributed by atoms with Crippen molar-refractivity contribution in [2.75, 3.05) is 19.6 Å². The lowest BCUT2D eigenvalue weighted by atomic mass is 10.0. The van der Waals surface area contributed by atoms with Crippen molar-refractivity contribution in [1.29, 1.82) is 0 Å². The first-order chi connectivity index (χ1) is 13.6. The van der Waals surface area contributed by atoms with Crippen molar-refractivity contribution in [2.24, 2.45) is 0 Å². The molecule has 0 radical (unpaired) electrons. The van der Waals surface area contributed by atoms with Crippen molar-refractivity contribution in [2.45, 2.75) is 52.7 Å². The number of hydrogen-bond donors (Lipinski definition) is 1. The summed E-state index contributed by atoms with van der Waals surface area (Å²) in [6.07, 6.45) is 6.58. The second-order valence-corrected chi connectivity index (χ2v) is 7.57. The van der Waals surface area contributed by atoms with E-state index in [1.54, 1.807) is 6.20 Å². The Morgan fingerprint density at radius 2 is 1.87 bits per heavy atom. The third kappa shape index (κ3) is 6.59. The number of nitrogens with one attached hydrogen (secondary N) is 1. The van der Waals surface area contributed by atoms with Crippen LogP contribution in [0.5, 0.6) is 5.75 Å². The van der Waals surface area contributed by atoms with Crippen LogP contribution >= 0.6 is 24.8 Å². The molecule has 1 aliphatic heterocycles. The van der Waals surface area contributed by atoms with E-state index in [4.69, 9.17) is 4.74 Å². The zero-order valence-corrected chi connectivity index (χ0v) is 19.7. The van der Waals surface area contributed by atoms with Crippen LogP contribution in [0.1, 0.15) is 53.2 Å². The maximum Gasteiger partial charge on any atom is 0.254 e. The Morgan fingerprint density at radius 3 is 2.43 bits per heavy atom. The Hall–Kier alpha value is -1.82. The van der Waals surface area contributed by atoms with E-state index in [9.17, 15) is 4.79 Å². The predicted octanol–water partition coefficient (Wildman–Crippen LogP) is 4.73. The first kappa shape index (κ1) is 26.2. The van der Waals surface area contributed by atoms with Gasteiger partial charge in [-0.2, -0.15) is 0 Å². The summed E-state index contributed by atoms with van der Waals surface area (Å²) in [5, 5.41) is 3.38. The van der Waals surface area contributed by atoms with E-state index < -0.39 is 0 Å². The van der Waals surface area contributed by atoms with Crippen LogP contribution in [-0.4, -0.2) is 41.5 Å². The molecule has 5 nitrogen and oxygen atoms in total. The molecule has 3 rings (SSSR count). The monoisotopic (exact) mass is 453 g/mol. The van der Waals surface area contributed by atoms with Gasteiger partial charge in [-0.1, -0.05) is 13.0 Å². The Balaban J connectivity index is 0.00000225. The smallest absolute Gasteiger partial charge is 0.254 e. The Kier molecular flexibility index (Phi) is 11.2. The summed E-state index contributed by atoms with van der Waals surface area (Å²) in [6.45, 7) is 9.40. The molecule has 30 heavy (non-hydrogen) atoms. The van der Waals surface area contributed by atoms with E-state index in [-0.39, 0.29) is 30.7 Å². The van der Waals surface area contributed by atoms with Gasteiger partial charge in [0.1, 0.15) is 12.4 Å². The van der Waals surface area contributed by atoms with Gasteiger partial charge < -0.3 is 15.0 Å². The topological polar surface area (TPSA) is 54.5 Å². The molecule has 2 aromatic rings. The average Bonchev–Trinajstić information content (AvgIpc) is 2.72. The lowest BCUT2D eigenvalue weighted by Crippen LogP contribution is -2.46. The van der Waals surface area contributed by atoms with Gasteiger partial charge in [-0.25, -0.2) is 0 Å². The van der Waals surface area contributed by atoms with Gasteiger partial charge in [-0.15, -0.1) is 24.8 Å². The van der Waals surface area contributed by atoms with Gasteiger partial charge in [-0.3, -0.25) is 9.78 Å². The maximum atomic E-state index is 13.3. The number of nitrogens with zero attached hydrogens (tertiary/aromatic N) is 2. The highest BCUT2D eigenvalue weighted by Gasteiger charge is 2.26. The van der Waals surface area contributed by atoms with Gasteiger partial charge in [0.25, 0.3) is 5.91 Å². The van der Waals surface area contributed by atoms with E-state index in [2.05, 4.69) is 22.1 Å². The Labute approximate surface area is 192 Å². The number of aromatic nitrogens is 1. The highest BCUT2D eigenvalue weighted by Crippen LogP contribution is 2.27. The van der Waals surface area contributed by atoms with E-state index in [0.717, 1.165) is 66.9 Å². The Bertz CT molecular complexity index is 773. The molecule has 0 spiro atoms. The van der Waals surface area contributed by atoms with Gasteiger partial charge >= 0.3 is 0 Å². The second kappa shape index (κ2) is 12.8. The predicted molar refractivity (Wildman–Crippen MR) is 126 cm³/mol. The van der Waals surface area contributed by atoms with Gasteiger partial charge in [-0.05, 0) is 75.5 Å². The number of pyridine rings is 1. The van der Waals surface area contributed by atoms with Crippen molar-refractivity contribution in [3.05, 3.63) is 58.9 Å². The summed E-state index contributed by atoms with van der Waals surface area (Å²) in [5.74, 6) is 0.989. The summed E-state index contributed by atoms with van der Waals surface area (Å²) in [6, 6.07) is 8.17. The summed E-state index contributed by atoms with van der Waals surface area (Å²) in [7, 11) is 0. The third-order valence-electron chi connectivity index (χ3n) is 5.29. The molecule has 0 bridgehead atoms. The van der Waals surface area contributed by atoms with Gasteiger partial charge in [0.15, 0.2) is 0 Å². The van der Waals surface area contributed by atoms with E-state index >= 15 is 0 Å². The summed E-state index contributed by atoms with van der Waals surface area (Å²) in [5.41, 5.74) is 3.78. The molecule has 0 saturated carbocycles. The molecular weight excluding hydrogens is 421 g/mol. The number of aryl methyl sites for hydroxylation is 2. The van der Waals surface area contributed by atoms with Crippen molar-refractivity contribution in [3.63, 3.8) is 0 Å². The lowest BCUT2D eigenvalue weighted by Gasteiger charge is -2.35. The quantitative estimate of drug-likeness (QED) is 0.658. The van der Waals surface area contributed by atoms with Crippen molar-refractivity contribution in [3.8, 4) is 5.75 Å². The van der Waals surface area contributed by atoms with E-state index in [0.29, 0.717) is 12.6 Å². The van der Waals surface area contributed by atoms with Crippen LogP contribution in [-0.2, 0) is 6.61 Å². The molecule has 0 unspecified atom stereocenters. The molecule has 1 aliphatic rings. The third-order valence-corrected chi connectivity index (χ3v) is 5.29. The number of piperidine rings is 1. The normalized spacial score (nSPS) is 13.7. The number of ether oxygens (including phenoxy) is 1. The van der Waals surface area contributed by atoms with Crippen molar-refractivity contribution < 1.29 is 9.53 Å². The minimum atomic E-state index is 0. The highest BCUT2D eigenvalue weighted by molar-refractivity contribution is 5.95. The molecular formula is C23H33Cl2N3O2. The van der Waals surface area contributed by atoms with Crippen LogP contribution in [0, 0.1) is 13.8 Å². The minimum absolute atomic E-state index is 0. The maximum absolute atomic E-state index is 13.3. The molecule has 2 heterocycles. The fourth-order valence-corrected chi connectivity index (χ4v) is 3.92. The second-order valence-electron chi connectivity index (χ2n) is 7.57. The minimum Gasteiger partial charge on any atom is -0.488 e. The average molecular weight is 454 g/mol. The van der Waals surface area contributed by atoms with Crippen LogP contribution in [0.25, 0.3) is 0 Å². The number of rotatable bonds is 7. The number of halogens is 2. The fourth-order valence-electron chi connectivity index (χ4n) is 3.92. The number of carbonyl (C=O) groups excluding carboxylic acids is 1. The number of hydrogen-bond acceptors (Lipinski definition) is 4. The number of amides is 1. The van der Waals surface area contributed by atoms with Crippen LogP contribution in [0.4, 0.5) is 0 Å². The highest BCUT2D eigenvalue weighted by atomic mass is 35.5. The van der Waals surface area contributed by atoms with Gasteiger partial charge in [0, 0.05) is 36.1 Å². The Morgan fingerprint density at radius 1 is 1.20 bits per heavy atom. The molecule has 1 N–H and O–H groups in total. The number of carbonyl (C=O) groups is 1. The SMILES string of the molecule is CCCN(C(=O)c1cc(C)c(OCc2cccnc2)c(C)c1)C1CCNCC1.Cl.Cl. The lowest BCUT2D eigenvalue weighted by molar-refractivity contribution is 0.0642. The standard InChI is InChI=1S/C23H31N3O2.2ClH/c1-4-12-26(21-7-10-24-11-8-21)23(27)20-13-17(2)22(18(3)14-20)28-16-19-6-5-9-25-15-19;;/h5-6,9,13-15,21,24H,4,7-8,10-12,16H2,1-3H3;2*1H. The molecule has 7 heteroatoms. The van der Waals surface area contributed by atoms with Crippen LogP contribution < -0.4 is 10.1 Å². The molecule has 1 fully saturated rings. The molecule has 1 aromatic carbocycles. The summed E-state index contributed by atoms with van der Waals surface area (Å²) < 4.78 is 6.04. The molecule has 1 amide bonds. The number of benzene rings is 1. The van der Waals surface area contributed by atoms with Crippen LogP contribution in [0.15, 0.2) is 36.7 Å². The summed E-state index contributed by atoms with van der Waals surface area (Å²) >= 11 is 0.